The number of benzene rings is 2. The molecule has 0 unspecified atom stereocenters. The first-order valence-electron chi connectivity index (χ1n) is 12.8. The third kappa shape index (κ3) is 3.57. The summed E-state index contributed by atoms with van der Waals surface area (Å²) in [5.41, 5.74) is 5.85. The molecule has 0 aliphatic carbocycles. The molecule has 0 bridgehead atoms. The number of hydrogen-bond acceptors (Lipinski definition) is 4. The molecular weight excluding hydrogens is 453 g/mol. The van der Waals surface area contributed by atoms with Gasteiger partial charge in [-0.2, -0.15) is 0 Å². The number of nitrogens with zero attached hydrogens (tertiary/aromatic N) is 5. The first-order valence-corrected chi connectivity index (χ1v) is 12.8. The van der Waals surface area contributed by atoms with Crippen LogP contribution < -0.4 is 4.90 Å². The Morgan fingerprint density at radius 1 is 1.08 bits per heavy atom. The molecule has 2 atom stereocenters. The minimum atomic E-state index is -0.697. The van der Waals surface area contributed by atoms with E-state index >= 15 is 0 Å². The van der Waals surface area contributed by atoms with E-state index < -0.39 is 5.60 Å². The second kappa shape index (κ2) is 8.05. The molecule has 0 spiro atoms. The lowest BCUT2D eigenvalue weighted by Gasteiger charge is -2.36. The van der Waals surface area contributed by atoms with Gasteiger partial charge in [0.05, 0.1) is 17.0 Å². The van der Waals surface area contributed by atoms with E-state index in [2.05, 4.69) is 54.4 Å². The van der Waals surface area contributed by atoms with Gasteiger partial charge in [0.1, 0.15) is 5.82 Å². The maximum atomic E-state index is 13.5. The number of rotatable bonds is 4. The van der Waals surface area contributed by atoms with Gasteiger partial charge in [-0.05, 0) is 74.0 Å². The fourth-order valence-corrected chi connectivity index (χ4v) is 6.00. The van der Waals surface area contributed by atoms with E-state index in [1.807, 2.05) is 31.5 Å². The van der Waals surface area contributed by atoms with Gasteiger partial charge in [0.2, 0.25) is 0 Å². The standard InChI is InChI=1S/C29H30FN5O/c1-29(36)19-34(18-23(29)17-32-10-2-11-32)25-7-8-26-22(13-25)16-33-15-21(20-3-5-24(30)6-4-20)14-27(33)28-31-9-12-35(26)28/h3-9,12-15,23,36H,2,10-11,16-19H2,1H3/t23-,29-/m0/s1. The van der Waals surface area contributed by atoms with Crippen LogP contribution >= 0.6 is 0 Å². The molecular formula is C29H30FN5O. The Kier molecular flexibility index (Phi) is 4.88. The van der Waals surface area contributed by atoms with E-state index in [9.17, 15) is 9.50 Å². The number of imidazole rings is 1. The van der Waals surface area contributed by atoms with Crippen LogP contribution in [0.2, 0.25) is 0 Å². The van der Waals surface area contributed by atoms with Crippen LogP contribution in [-0.2, 0) is 6.54 Å². The summed E-state index contributed by atoms with van der Waals surface area (Å²) in [6, 6.07) is 15.4. The van der Waals surface area contributed by atoms with Crippen LogP contribution in [0.4, 0.5) is 10.1 Å². The van der Waals surface area contributed by atoms with Crippen molar-refractivity contribution in [2.24, 2.45) is 5.92 Å². The Hall–Kier alpha value is -3.42. The van der Waals surface area contributed by atoms with Crippen molar-refractivity contribution in [3.05, 3.63) is 78.5 Å². The predicted molar refractivity (Wildman–Crippen MR) is 139 cm³/mol. The van der Waals surface area contributed by atoms with Gasteiger partial charge >= 0.3 is 0 Å². The number of aromatic nitrogens is 3. The maximum Gasteiger partial charge on any atom is 0.161 e. The predicted octanol–water partition coefficient (Wildman–Crippen LogP) is 4.40. The third-order valence-corrected chi connectivity index (χ3v) is 8.23. The molecule has 0 amide bonds. The Bertz CT molecular complexity index is 1430. The number of likely N-dealkylation sites (tertiary alicyclic amines) is 1. The SMILES string of the molecule is C[C@]1(O)CN(c2ccc3c(c2)Cn2cc(-c4ccc(F)cc4)cc2-c2nccn2-3)C[C@@H]1CN1CCC1. The summed E-state index contributed by atoms with van der Waals surface area (Å²) in [5, 5.41) is 11.2. The van der Waals surface area contributed by atoms with Crippen molar-refractivity contribution in [2.45, 2.75) is 25.5 Å². The molecule has 2 saturated heterocycles. The van der Waals surface area contributed by atoms with E-state index in [0.717, 1.165) is 60.2 Å². The zero-order chi connectivity index (χ0) is 24.4. The lowest BCUT2D eigenvalue weighted by atomic mass is 9.92. The summed E-state index contributed by atoms with van der Waals surface area (Å²) in [7, 11) is 0. The molecule has 36 heavy (non-hydrogen) atoms. The van der Waals surface area contributed by atoms with Crippen LogP contribution in [0, 0.1) is 11.7 Å². The normalized spacial score (nSPS) is 23.1. The number of aliphatic hydroxyl groups is 1. The topological polar surface area (TPSA) is 49.5 Å². The molecule has 3 aliphatic rings. The number of hydrogen-bond donors (Lipinski definition) is 1. The Morgan fingerprint density at radius 3 is 2.69 bits per heavy atom. The second-order valence-electron chi connectivity index (χ2n) is 10.8. The van der Waals surface area contributed by atoms with Crippen molar-refractivity contribution in [3.63, 3.8) is 0 Å². The third-order valence-electron chi connectivity index (χ3n) is 8.23. The number of halogens is 1. The molecule has 184 valence electrons. The van der Waals surface area contributed by atoms with Crippen molar-refractivity contribution in [2.75, 3.05) is 37.6 Å². The first kappa shape index (κ1) is 21.8. The summed E-state index contributed by atoms with van der Waals surface area (Å²) in [6.07, 6.45) is 7.25. The molecule has 0 saturated carbocycles. The Morgan fingerprint density at radius 2 is 1.92 bits per heavy atom. The summed E-state index contributed by atoms with van der Waals surface area (Å²) >= 11 is 0. The summed E-state index contributed by atoms with van der Waals surface area (Å²) < 4.78 is 17.9. The van der Waals surface area contributed by atoms with Crippen molar-refractivity contribution < 1.29 is 9.50 Å². The maximum absolute atomic E-state index is 13.5. The highest BCUT2D eigenvalue weighted by Gasteiger charge is 2.42. The molecule has 2 aromatic carbocycles. The largest absolute Gasteiger partial charge is 0.388 e. The summed E-state index contributed by atoms with van der Waals surface area (Å²) in [6.45, 7) is 7.47. The van der Waals surface area contributed by atoms with Gasteiger partial charge in [0, 0.05) is 61.9 Å². The Labute approximate surface area is 210 Å². The molecule has 7 rings (SSSR count). The smallest absolute Gasteiger partial charge is 0.161 e. The van der Waals surface area contributed by atoms with Gasteiger partial charge in [-0.1, -0.05) is 12.1 Å². The van der Waals surface area contributed by atoms with Crippen molar-refractivity contribution >= 4 is 5.69 Å². The van der Waals surface area contributed by atoms with Gasteiger partial charge in [-0.15, -0.1) is 0 Å². The summed E-state index contributed by atoms with van der Waals surface area (Å²) in [4.78, 5) is 9.47. The van der Waals surface area contributed by atoms with Crippen LogP contribution in [0.1, 0.15) is 18.9 Å². The van der Waals surface area contributed by atoms with Crippen LogP contribution in [0.3, 0.4) is 0 Å². The lowest BCUT2D eigenvalue weighted by molar-refractivity contribution is 0.0112. The van der Waals surface area contributed by atoms with Crippen LogP contribution in [0.5, 0.6) is 0 Å². The quantitative estimate of drug-likeness (QED) is 0.412. The molecule has 5 heterocycles. The van der Waals surface area contributed by atoms with Crippen molar-refractivity contribution in [1.29, 1.82) is 0 Å². The minimum absolute atomic E-state index is 0.232. The van der Waals surface area contributed by atoms with Crippen LogP contribution in [0.25, 0.3) is 28.3 Å². The highest BCUT2D eigenvalue weighted by molar-refractivity contribution is 5.72. The molecule has 2 fully saturated rings. The van der Waals surface area contributed by atoms with E-state index in [-0.39, 0.29) is 11.7 Å². The molecule has 1 N–H and O–H groups in total. The van der Waals surface area contributed by atoms with Crippen molar-refractivity contribution in [3.8, 4) is 28.3 Å². The highest BCUT2D eigenvalue weighted by atomic mass is 19.1. The van der Waals surface area contributed by atoms with E-state index in [1.165, 1.54) is 24.1 Å². The van der Waals surface area contributed by atoms with Gasteiger partial charge in [-0.3, -0.25) is 4.57 Å². The highest BCUT2D eigenvalue weighted by Crippen LogP contribution is 2.37. The molecule has 4 aromatic rings. The fraction of sp³-hybridized carbons (Fsp3) is 0.345. The van der Waals surface area contributed by atoms with E-state index in [4.69, 9.17) is 0 Å². The first-order chi connectivity index (χ1) is 17.4. The lowest BCUT2D eigenvalue weighted by Crippen LogP contribution is -2.46. The summed E-state index contributed by atoms with van der Waals surface area (Å²) in [5.74, 6) is 0.907. The monoisotopic (exact) mass is 483 g/mol. The molecule has 3 aliphatic heterocycles. The van der Waals surface area contributed by atoms with Gasteiger partial charge < -0.3 is 19.5 Å². The fourth-order valence-electron chi connectivity index (χ4n) is 6.00. The minimum Gasteiger partial charge on any atom is -0.388 e. The van der Waals surface area contributed by atoms with E-state index in [1.54, 1.807) is 0 Å². The van der Waals surface area contributed by atoms with Crippen molar-refractivity contribution in [1.82, 2.24) is 19.0 Å². The van der Waals surface area contributed by atoms with E-state index in [0.29, 0.717) is 13.1 Å². The van der Waals surface area contributed by atoms with Crippen LogP contribution in [0.15, 0.2) is 67.1 Å². The van der Waals surface area contributed by atoms with Crippen LogP contribution in [-0.4, -0.2) is 62.4 Å². The number of β-amino-alcohol motifs (C(OH)–C–C–N with tert-alkyl or cyclic N) is 1. The molecule has 0 radical (unpaired) electrons. The zero-order valence-electron chi connectivity index (χ0n) is 20.4. The zero-order valence-corrected chi connectivity index (χ0v) is 20.4. The second-order valence-corrected chi connectivity index (χ2v) is 10.8. The van der Waals surface area contributed by atoms with Gasteiger partial charge in [0.25, 0.3) is 0 Å². The average Bonchev–Trinajstić information content (AvgIpc) is 3.52. The van der Waals surface area contributed by atoms with Gasteiger partial charge in [0.15, 0.2) is 5.82 Å². The number of fused-ring (bicyclic) bond motifs is 5. The van der Waals surface area contributed by atoms with Gasteiger partial charge in [-0.25, -0.2) is 9.37 Å². The molecule has 2 aromatic heterocycles. The molecule has 6 nitrogen and oxygen atoms in total. The average molecular weight is 484 g/mol. The Balaban J connectivity index is 1.23. The molecule has 7 heteroatoms. The number of anilines is 1.